The van der Waals surface area contributed by atoms with Gasteiger partial charge in [0, 0.05) is 12.1 Å². The van der Waals surface area contributed by atoms with Gasteiger partial charge in [0.15, 0.2) is 0 Å². The normalized spacial score (nSPS) is 13.8. The van der Waals surface area contributed by atoms with E-state index in [1.807, 2.05) is 0 Å². The number of amides is 2. The Morgan fingerprint density at radius 2 is 2.06 bits per heavy atom. The van der Waals surface area contributed by atoms with Crippen molar-refractivity contribution >= 4 is 28.9 Å². The number of carbonyl (C=O) groups excluding carboxylic acids is 2. The zero-order valence-corrected chi connectivity index (χ0v) is 8.18. The summed E-state index contributed by atoms with van der Waals surface area (Å²) in [6, 6.07) is 2.48. The van der Waals surface area contributed by atoms with E-state index < -0.39 is 16.7 Å². The first-order valence-electron chi connectivity index (χ1n) is 4.35. The summed E-state index contributed by atoms with van der Waals surface area (Å²) in [6.07, 6.45) is 0. The predicted octanol–water partition coefficient (Wildman–Crippen LogP) is 0.618. The average molecular weight is 220 g/mol. The Kier molecular flexibility index (Phi) is 2.08. The number of fused-ring (bicyclic) bond motifs is 1. The molecule has 1 radical (unpaired) electrons. The van der Waals surface area contributed by atoms with Gasteiger partial charge in [-0.3, -0.25) is 19.7 Å². The highest BCUT2D eigenvalue weighted by Crippen LogP contribution is 2.33. The molecule has 0 atom stereocenters. The zero-order valence-electron chi connectivity index (χ0n) is 8.18. The standard InChI is InChI=1S/C9H6N3O4/c1-4-2-5(12(15)16)3-6-7(4)11-9(14)8(13)10-6/h2-3H,1H3,(H,10,13). The Hall–Kier alpha value is -2.44. The highest BCUT2D eigenvalue weighted by Gasteiger charge is 2.27. The molecule has 1 aliphatic heterocycles. The number of hydrogen-bond donors (Lipinski definition) is 1. The van der Waals surface area contributed by atoms with E-state index in [1.54, 1.807) is 6.92 Å². The Bertz CT molecular complexity index is 524. The van der Waals surface area contributed by atoms with Crippen molar-refractivity contribution in [2.24, 2.45) is 0 Å². The van der Waals surface area contributed by atoms with Crippen molar-refractivity contribution in [1.82, 2.24) is 5.32 Å². The molecular weight excluding hydrogens is 214 g/mol. The largest absolute Gasteiger partial charge is 0.335 e. The molecule has 1 aromatic carbocycles. The third-order valence-corrected chi connectivity index (χ3v) is 2.15. The fraction of sp³-hybridized carbons (Fsp3) is 0.111. The summed E-state index contributed by atoms with van der Waals surface area (Å²) < 4.78 is 0. The van der Waals surface area contributed by atoms with Crippen LogP contribution in [0.1, 0.15) is 5.56 Å². The topological polar surface area (TPSA) is 103 Å². The van der Waals surface area contributed by atoms with Crippen molar-refractivity contribution in [3.8, 4) is 0 Å². The summed E-state index contributed by atoms with van der Waals surface area (Å²) in [5.74, 6) is -1.78. The van der Waals surface area contributed by atoms with Crippen molar-refractivity contribution in [1.29, 1.82) is 0 Å². The molecule has 0 saturated carbocycles. The van der Waals surface area contributed by atoms with Crippen molar-refractivity contribution in [2.75, 3.05) is 5.32 Å². The summed E-state index contributed by atoms with van der Waals surface area (Å²) in [4.78, 5) is 32.0. The molecular formula is C9H6N3O4. The number of hydrogen-bond acceptors (Lipinski definition) is 4. The first-order chi connectivity index (χ1) is 7.49. The van der Waals surface area contributed by atoms with Crippen LogP contribution in [0.2, 0.25) is 0 Å². The molecule has 7 heteroatoms. The van der Waals surface area contributed by atoms with Crippen molar-refractivity contribution in [3.05, 3.63) is 27.8 Å². The van der Waals surface area contributed by atoms with E-state index >= 15 is 0 Å². The second kappa shape index (κ2) is 3.30. The summed E-state index contributed by atoms with van der Waals surface area (Å²) in [5, 5.41) is 16.4. The molecule has 0 aromatic heterocycles. The van der Waals surface area contributed by atoms with Crippen LogP contribution in [0.3, 0.4) is 0 Å². The minimum atomic E-state index is -0.899. The van der Waals surface area contributed by atoms with E-state index in [9.17, 15) is 19.7 Å². The van der Waals surface area contributed by atoms with E-state index in [4.69, 9.17) is 0 Å². The molecule has 7 nitrogen and oxygen atoms in total. The highest BCUT2D eigenvalue weighted by molar-refractivity contribution is 6.42. The van der Waals surface area contributed by atoms with Gasteiger partial charge in [-0.25, -0.2) is 5.32 Å². The van der Waals surface area contributed by atoms with Crippen molar-refractivity contribution in [3.63, 3.8) is 0 Å². The lowest BCUT2D eigenvalue weighted by Crippen LogP contribution is -2.33. The number of nitro groups is 1. The molecule has 2 rings (SSSR count). The average Bonchev–Trinajstić information content (AvgIpc) is 2.20. The van der Waals surface area contributed by atoms with Gasteiger partial charge in [0.05, 0.1) is 16.3 Å². The number of nitro benzene ring substituents is 1. The zero-order chi connectivity index (χ0) is 11.9. The van der Waals surface area contributed by atoms with Gasteiger partial charge in [-0.15, -0.1) is 0 Å². The van der Waals surface area contributed by atoms with E-state index in [1.165, 1.54) is 12.1 Å². The van der Waals surface area contributed by atoms with Gasteiger partial charge >= 0.3 is 11.8 Å². The van der Waals surface area contributed by atoms with Gasteiger partial charge in [-0.2, -0.15) is 0 Å². The molecule has 0 fully saturated rings. The SMILES string of the molecule is Cc1cc([N+](=O)[O-])cc2c1[N]C(=O)C(=O)N2. The number of anilines is 1. The maximum atomic E-state index is 11.0. The number of rotatable bonds is 1. The lowest BCUT2D eigenvalue weighted by atomic mass is 10.1. The van der Waals surface area contributed by atoms with Crippen LogP contribution in [0.25, 0.3) is 0 Å². The fourth-order valence-corrected chi connectivity index (χ4v) is 1.44. The van der Waals surface area contributed by atoms with Crippen LogP contribution in [-0.4, -0.2) is 16.7 Å². The van der Waals surface area contributed by atoms with E-state index in [2.05, 4.69) is 10.6 Å². The van der Waals surface area contributed by atoms with Gasteiger partial charge in [0.2, 0.25) is 0 Å². The highest BCUT2D eigenvalue weighted by atomic mass is 16.6. The molecule has 1 aliphatic rings. The molecule has 0 saturated heterocycles. The van der Waals surface area contributed by atoms with Gasteiger partial charge in [0.1, 0.15) is 0 Å². The number of non-ortho nitro benzene ring substituents is 1. The number of carbonyl (C=O) groups is 2. The predicted molar refractivity (Wildman–Crippen MR) is 53.3 cm³/mol. The van der Waals surface area contributed by atoms with Crippen LogP contribution in [-0.2, 0) is 9.59 Å². The number of benzene rings is 1. The van der Waals surface area contributed by atoms with Crippen LogP contribution in [0, 0.1) is 17.0 Å². The molecule has 1 heterocycles. The maximum Gasteiger partial charge on any atom is 0.335 e. The Morgan fingerprint density at radius 3 is 2.69 bits per heavy atom. The third kappa shape index (κ3) is 1.48. The summed E-state index contributed by atoms with van der Waals surface area (Å²) in [5.41, 5.74) is 0.783. The Morgan fingerprint density at radius 1 is 1.38 bits per heavy atom. The molecule has 0 spiro atoms. The van der Waals surface area contributed by atoms with E-state index in [0.29, 0.717) is 5.56 Å². The van der Waals surface area contributed by atoms with Crippen molar-refractivity contribution in [2.45, 2.75) is 6.92 Å². The molecule has 0 aliphatic carbocycles. The molecule has 0 bridgehead atoms. The lowest BCUT2D eigenvalue weighted by molar-refractivity contribution is -0.384. The van der Waals surface area contributed by atoms with Gasteiger partial charge < -0.3 is 5.32 Å². The summed E-state index contributed by atoms with van der Waals surface area (Å²) in [6.45, 7) is 1.58. The van der Waals surface area contributed by atoms with Crippen LogP contribution < -0.4 is 10.6 Å². The summed E-state index contributed by atoms with van der Waals surface area (Å²) in [7, 11) is 0. The molecule has 81 valence electrons. The fourth-order valence-electron chi connectivity index (χ4n) is 1.44. The number of nitrogens with zero attached hydrogens (tertiary/aromatic N) is 2. The van der Waals surface area contributed by atoms with Gasteiger partial charge in [-0.1, -0.05) is 0 Å². The first kappa shape index (κ1) is 10.1. The minimum Gasteiger partial charge on any atom is -0.316 e. The number of aryl methyl sites for hydroxylation is 1. The van der Waals surface area contributed by atoms with Crippen LogP contribution in [0.4, 0.5) is 17.1 Å². The van der Waals surface area contributed by atoms with Crippen LogP contribution >= 0.6 is 0 Å². The van der Waals surface area contributed by atoms with Crippen molar-refractivity contribution < 1.29 is 14.5 Å². The van der Waals surface area contributed by atoms with Gasteiger partial charge in [-0.05, 0) is 12.5 Å². The molecule has 16 heavy (non-hydrogen) atoms. The van der Waals surface area contributed by atoms with Crippen LogP contribution in [0.5, 0.6) is 0 Å². The minimum absolute atomic E-state index is 0.152. The Balaban J connectivity index is 2.56. The third-order valence-electron chi connectivity index (χ3n) is 2.15. The quantitative estimate of drug-likeness (QED) is 0.425. The monoisotopic (exact) mass is 220 g/mol. The lowest BCUT2D eigenvalue weighted by Gasteiger charge is -2.16. The van der Waals surface area contributed by atoms with Gasteiger partial charge in [0.25, 0.3) is 5.69 Å². The second-order valence-corrected chi connectivity index (χ2v) is 3.29. The maximum absolute atomic E-state index is 11.0. The summed E-state index contributed by atoms with van der Waals surface area (Å²) >= 11 is 0. The first-order valence-corrected chi connectivity index (χ1v) is 4.35. The second-order valence-electron chi connectivity index (χ2n) is 3.29. The molecule has 1 aromatic rings. The molecule has 1 N–H and O–H groups in total. The van der Waals surface area contributed by atoms with Crippen LogP contribution in [0.15, 0.2) is 12.1 Å². The Labute approximate surface area is 89.6 Å². The number of nitrogens with one attached hydrogen (secondary N) is 1. The molecule has 2 amide bonds. The molecule has 0 unspecified atom stereocenters. The smallest absolute Gasteiger partial charge is 0.316 e. The van der Waals surface area contributed by atoms with E-state index in [0.717, 1.165) is 0 Å². The van der Waals surface area contributed by atoms with E-state index in [-0.39, 0.29) is 17.1 Å².